The van der Waals surface area contributed by atoms with Gasteiger partial charge in [0, 0.05) is 40.7 Å². The van der Waals surface area contributed by atoms with Crippen molar-refractivity contribution in [3.8, 4) is 33.9 Å². The Morgan fingerprint density at radius 3 is 2.84 bits per heavy atom. The van der Waals surface area contributed by atoms with E-state index in [2.05, 4.69) is 35.5 Å². The summed E-state index contributed by atoms with van der Waals surface area (Å²) in [7, 11) is 0. The van der Waals surface area contributed by atoms with E-state index < -0.39 is 12.0 Å². The zero-order chi connectivity index (χ0) is 25.5. The maximum absolute atomic E-state index is 16.0. The zero-order valence-corrected chi connectivity index (χ0v) is 20.8. The molecule has 9 nitrogen and oxygen atoms in total. The van der Waals surface area contributed by atoms with Crippen molar-refractivity contribution in [2.45, 2.75) is 26.5 Å². The van der Waals surface area contributed by atoms with E-state index in [0.717, 1.165) is 16.8 Å². The summed E-state index contributed by atoms with van der Waals surface area (Å²) in [6, 6.07) is 5.56. The second-order valence-electron chi connectivity index (χ2n) is 9.19. The summed E-state index contributed by atoms with van der Waals surface area (Å²) in [6.45, 7) is 4.06. The molecule has 4 N–H and O–H groups in total. The van der Waals surface area contributed by atoms with Crippen LogP contribution in [0.2, 0.25) is 0 Å². The van der Waals surface area contributed by atoms with Gasteiger partial charge in [-0.3, -0.25) is 15.1 Å². The molecule has 186 valence electrons. The Hall–Kier alpha value is -4.22. The number of rotatable bonds is 7. The number of fused-ring (bicyclic) bond motifs is 2. The van der Waals surface area contributed by atoms with Gasteiger partial charge in [0.1, 0.15) is 23.3 Å². The summed E-state index contributed by atoms with van der Waals surface area (Å²) < 4.78 is 16.0. The Morgan fingerprint density at radius 1 is 1.14 bits per heavy atom. The van der Waals surface area contributed by atoms with Crippen molar-refractivity contribution in [3.63, 3.8) is 0 Å². The standard InChI is InChI=1S/C26H23FN8OS/c1-13(2)7-19(36)31-16-8-15(9-28-10-16)17-11-30-25-20(21(17)27)24(34-35-25)26-32-18-3-5-29-22(23(18)33-26)14-4-6-37-12-14/h3-6,8-13,19,31,36H,7H2,1-2H3,(H,32,33)(H,30,34,35). The first-order valence-electron chi connectivity index (χ1n) is 11.8. The molecule has 6 rings (SSSR count). The predicted molar refractivity (Wildman–Crippen MR) is 142 cm³/mol. The van der Waals surface area contributed by atoms with E-state index in [4.69, 9.17) is 4.98 Å². The average Bonchev–Trinajstić information content (AvgIpc) is 3.62. The largest absolute Gasteiger partial charge is 0.374 e. The van der Waals surface area contributed by atoms with E-state index in [1.54, 1.807) is 36.0 Å². The van der Waals surface area contributed by atoms with Crippen LogP contribution in [0.4, 0.5) is 10.1 Å². The van der Waals surface area contributed by atoms with Crippen molar-refractivity contribution in [1.82, 2.24) is 35.1 Å². The molecular formula is C26H23FN8OS. The van der Waals surface area contributed by atoms with Crippen molar-refractivity contribution in [3.05, 3.63) is 59.6 Å². The van der Waals surface area contributed by atoms with Crippen molar-refractivity contribution < 1.29 is 9.50 Å². The van der Waals surface area contributed by atoms with Gasteiger partial charge in [0.15, 0.2) is 11.5 Å². The molecule has 0 radical (unpaired) electrons. The Balaban J connectivity index is 1.42. The first kappa shape index (κ1) is 23.2. The third kappa shape index (κ3) is 4.32. The lowest BCUT2D eigenvalue weighted by molar-refractivity contribution is 0.176. The van der Waals surface area contributed by atoms with Gasteiger partial charge in [-0.15, -0.1) is 0 Å². The summed E-state index contributed by atoms with van der Waals surface area (Å²) in [6.07, 6.45) is 6.15. The van der Waals surface area contributed by atoms with Crippen molar-refractivity contribution >= 4 is 39.1 Å². The number of hydrogen-bond acceptors (Lipinski definition) is 8. The number of hydrogen-bond donors (Lipinski definition) is 4. The molecule has 6 aromatic rings. The number of pyridine rings is 3. The second kappa shape index (κ2) is 9.34. The van der Waals surface area contributed by atoms with Gasteiger partial charge in [-0.2, -0.15) is 16.4 Å². The molecule has 1 unspecified atom stereocenters. The molecule has 0 saturated carbocycles. The van der Waals surface area contributed by atoms with Crippen LogP contribution in [0.15, 0.2) is 53.7 Å². The van der Waals surface area contributed by atoms with Crippen LogP contribution in [0.25, 0.3) is 56.0 Å². The summed E-state index contributed by atoms with van der Waals surface area (Å²) >= 11 is 1.58. The molecule has 6 aromatic heterocycles. The third-order valence-electron chi connectivity index (χ3n) is 6.03. The minimum Gasteiger partial charge on any atom is -0.374 e. The van der Waals surface area contributed by atoms with Crippen LogP contribution in [0.3, 0.4) is 0 Å². The molecular weight excluding hydrogens is 491 g/mol. The Kier molecular flexibility index (Phi) is 5.85. The van der Waals surface area contributed by atoms with Crippen LogP contribution in [0.1, 0.15) is 20.3 Å². The number of imidazole rings is 1. The predicted octanol–water partition coefficient (Wildman–Crippen LogP) is 5.60. The number of aromatic nitrogens is 7. The number of nitrogens with zero attached hydrogens (tertiary/aromatic N) is 5. The number of aliphatic hydroxyl groups excluding tert-OH is 1. The molecule has 0 fully saturated rings. The number of halogens is 1. The highest BCUT2D eigenvalue weighted by molar-refractivity contribution is 7.08. The maximum atomic E-state index is 16.0. The minimum absolute atomic E-state index is 0.222. The Bertz CT molecular complexity index is 1710. The second-order valence-corrected chi connectivity index (χ2v) is 9.97. The molecule has 0 aliphatic heterocycles. The van der Waals surface area contributed by atoms with E-state index in [1.165, 1.54) is 6.20 Å². The van der Waals surface area contributed by atoms with Crippen molar-refractivity contribution in [2.24, 2.45) is 5.92 Å². The molecule has 0 amide bonds. The van der Waals surface area contributed by atoms with Gasteiger partial charge < -0.3 is 15.4 Å². The van der Waals surface area contributed by atoms with E-state index in [0.29, 0.717) is 40.6 Å². The fraction of sp³-hybridized carbons (Fsp3) is 0.192. The molecule has 11 heteroatoms. The SMILES string of the molecule is CC(C)CC(O)Nc1cncc(-c2cnc3n[nH]c(-c4nc5c(-c6ccsc6)nccc5[nH]4)c3c2F)c1. The summed E-state index contributed by atoms with van der Waals surface area (Å²) in [5.41, 5.74) is 5.19. The minimum atomic E-state index is -0.732. The monoisotopic (exact) mass is 514 g/mol. The molecule has 1 atom stereocenters. The van der Waals surface area contributed by atoms with Crippen molar-refractivity contribution in [1.29, 1.82) is 0 Å². The first-order chi connectivity index (χ1) is 18.0. The number of thiophene rings is 1. The summed E-state index contributed by atoms with van der Waals surface area (Å²) in [4.78, 5) is 21.1. The fourth-order valence-electron chi connectivity index (χ4n) is 4.35. The summed E-state index contributed by atoms with van der Waals surface area (Å²) in [5, 5.41) is 24.6. The van der Waals surface area contributed by atoms with Gasteiger partial charge in [-0.25, -0.2) is 14.4 Å². The van der Waals surface area contributed by atoms with Crippen LogP contribution < -0.4 is 5.32 Å². The van der Waals surface area contributed by atoms with Crippen LogP contribution in [0.5, 0.6) is 0 Å². The normalized spacial score (nSPS) is 12.6. The molecule has 0 aliphatic carbocycles. The fourth-order valence-corrected chi connectivity index (χ4v) is 4.99. The van der Waals surface area contributed by atoms with Gasteiger partial charge in [0.25, 0.3) is 0 Å². The van der Waals surface area contributed by atoms with Gasteiger partial charge >= 0.3 is 0 Å². The molecule has 37 heavy (non-hydrogen) atoms. The van der Waals surface area contributed by atoms with Crippen LogP contribution in [-0.2, 0) is 0 Å². The highest BCUT2D eigenvalue weighted by Gasteiger charge is 2.21. The van der Waals surface area contributed by atoms with E-state index >= 15 is 4.39 Å². The first-order valence-corrected chi connectivity index (χ1v) is 12.7. The molecule has 6 heterocycles. The van der Waals surface area contributed by atoms with Gasteiger partial charge in [-0.05, 0) is 35.9 Å². The molecule has 0 saturated heterocycles. The maximum Gasteiger partial charge on any atom is 0.184 e. The molecule has 0 spiro atoms. The Labute approximate surface area is 214 Å². The average molecular weight is 515 g/mol. The molecule has 0 bridgehead atoms. The van der Waals surface area contributed by atoms with Crippen LogP contribution in [0, 0.1) is 11.7 Å². The number of aliphatic hydroxyl groups is 1. The molecule has 0 aromatic carbocycles. The van der Waals surface area contributed by atoms with Crippen molar-refractivity contribution in [2.75, 3.05) is 5.32 Å². The van der Waals surface area contributed by atoms with E-state index in [-0.39, 0.29) is 16.6 Å². The van der Waals surface area contributed by atoms with E-state index in [9.17, 15) is 5.11 Å². The number of H-pyrrole nitrogens is 2. The number of aromatic amines is 2. The topological polar surface area (TPSA) is 128 Å². The number of nitrogens with one attached hydrogen (secondary N) is 3. The lowest BCUT2D eigenvalue weighted by atomic mass is 10.1. The third-order valence-corrected chi connectivity index (χ3v) is 6.71. The van der Waals surface area contributed by atoms with E-state index in [1.807, 2.05) is 36.7 Å². The smallest absolute Gasteiger partial charge is 0.184 e. The lowest BCUT2D eigenvalue weighted by Crippen LogP contribution is -2.20. The Morgan fingerprint density at radius 2 is 2.03 bits per heavy atom. The van der Waals surface area contributed by atoms with Crippen LogP contribution in [-0.4, -0.2) is 46.5 Å². The van der Waals surface area contributed by atoms with Gasteiger partial charge in [0.05, 0.1) is 28.5 Å². The number of anilines is 1. The lowest BCUT2D eigenvalue weighted by Gasteiger charge is -2.16. The van der Waals surface area contributed by atoms with Crippen LogP contribution >= 0.6 is 11.3 Å². The molecule has 0 aliphatic rings. The highest BCUT2D eigenvalue weighted by atomic mass is 32.1. The highest BCUT2D eigenvalue weighted by Crippen LogP contribution is 2.34. The quantitative estimate of drug-likeness (QED) is 0.204. The van der Waals surface area contributed by atoms with Gasteiger partial charge in [0.2, 0.25) is 0 Å². The summed E-state index contributed by atoms with van der Waals surface area (Å²) in [5.74, 6) is 0.259. The zero-order valence-electron chi connectivity index (χ0n) is 20.0. The van der Waals surface area contributed by atoms with Gasteiger partial charge in [-0.1, -0.05) is 13.8 Å².